The van der Waals surface area contributed by atoms with E-state index in [1.165, 1.54) is 19.3 Å². The summed E-state index contributed by atoms with van der Waals surface area (Å²) < 4.78 is 12.0. The highest BCUT2D eigenvalue weighted by molar-refractivity contribution is 5.66. The Bertz CT molecular complexity index is 579. The summed E-state index contributed by atoms with van der Waals surface area (Å²) in [7, 11) is 0. The molecular formula is C22H32O5. The molecule has 4 aliphatic rings. The smallest absolute Gasteiger partial charge is 0.303 e. The molecule has 4 fully saturated rings. The quantitative estimate of drug-likeness (QED) is 0.366. The van der Waals surface area contributed by atoms with Crippen molar-refractivity contribution in [2.24, 2.45) is 17.8 Å². The molecule has 5 heteroatoms. The van der Waals surface area contributed by atoms with Crippen LogP contribution in [0.4, 0.5) is 0 Å². The summed E-state index contributed by atoms with van der Waals surface area (Å²) in [6.07, 6.45) is 17.7. The van der Waals surface area contributed by atoms with Gasteiger partial charge in [-0.3, -0.25) is 4.79 Å². The molecule has 0 radical (unpaired) electrons. The van der Waals surface area contributed by atoms with E-state index >= 15 is 0 Å². The minimum absolute atomic E-state index is 0.139. The van der Waals surface area contributed by atoms with E-state index in [9.17, 15) is 9.90 Å². The maximum Gasteiger partial charge on any atom is 0.303 e. The van der Waals surface area contributed by atoms with Gasteiger partial charge in [-0.05, 0) is 38.0 Å². The van der Waals surface area contributed by atoms with E-state index in [4.69, 9.17) is 14.6 Å². The molecule has 0 aromatic carbocycles. The Kier molecular flexibility index (Phi) is 6.00. The largest absolute Gasteiger partial charge is 0.481 e. The first kappa shape index (κ1) is 19.2. The zero-order valence-electron chi connectivity index (χ0n) is 15.9. The van der Waals surface area contributed by atoms with Crippen molar-refractivity contribution < 1.29 is 24.5 Å². The number of hydrogen-bond acceptors (Lipinski definition) is 4. The number of rotatable bonds is 9. The Morgan fingerprint density at radius 2 is 1.78 bits per heavy atom. The maximum atomic E-state index is 10.6. The summed E-state index contributed by atoms with van der Waals surface area (Å²) in [4.78, 5) is 10.6. The highest BCUT2D eigenvalue weighted by Crippen LogP contribution is 2.55. The molecule has 0 aromatic heterocycles. The first-order valence-electron chi connectivity index (χ1n) is 10.7. The van der Waals surface area contributed by atoms with Crippen LogP contribution >= 0.6 is 0 Å². The first-order chi connectivity index (χ1) is 13.1. The normalized spacial score (nSPS) is 39.3. The molecule has 6 unspecified atom stereocenters. The third-order valence-electron chi connectivity index (χ3n) is 6.82. The van der Waals surface area contributed by atoms with Crippen LogP contribution in [0.1, 0.15) is 57.8 Å². The number of carboxylic acids is 1. The van der Waals surface area contributed by atoms with E-state index in [1.807, 2.05) is 6.08 Å². The molecule has 2 bridgehead atoms. The van der Waals surface area contributed by atoms with Crippen molar-refractivity contribution in [1.82, 2.24) is 0 Å². The van der Waals surface area contributed by atoms with Gasteiger partial charge in [-0.15, -0.1) is 0 Å². The number of ether oxygens (including phenoxy) is 2. The molecule has 150 valence electrons. The molecule has 0 aromatic rings. The first-order valence-corrected chi connectivity index (χ1v) is 10.7. The molecule has 3 saturated heterocycles. The van der Waals surface area contributed by atoms with Crippen molar-refractivity contribution in [3.8, 4) is 0 Å². The Morgan fingerprint density at radius 3 is 2.56 bits per heavy atom. The number of allylic oxidation sites excluding steroid dienone is 2. The number of carbonyl (C=O) groups is 1. The zero-order valence-corrected chi connectivity index (χ0v) is 15.9. The van der Waals surface area contributed by atoms with Crippen molar-refractivity contribution >= 4 is 5.97 Å². The van der Waals surface area contributed by atoms with Crippen molar-refractivity contribution in [2.45, 2.75) is 88.3 Å². The lowest BCUT2D eigenvalue weighted by Gasteiger charge is -2.26. The van der Waals surface area contributed by atoms with E-state index in [-0.39, 0.29) is 36.9 Å². The second-order valence-electron chi connectivity index (χ2n) is 8.64. The lowest BCUT2D eigenvalue weighted by molar-refractivity contribution is -0.137. The van der Waals surface area contributed by atoms with Crippen LogP contribution < -0.4 is 0 Å². The standard InChI is InChI=1S/C22H32O5/c23-17(14-8-4-3-5-9-14)13-12-16-15(10-6-1-2-7-11-18(24)25)19-21-22(27-21)20(16)26-19/h1,6,12-17,19-23H,2-5,7-11H2,(H,24,25)/b6-1-,13-12+/t15?,16?,17-,19?,20?,21?,22?/m1/s1. The van der Waals surface area contributed by atoms with E-state index in [0.717, 1.165) is 25.7 Å². The van der Waals surface area contributed by atoms with E-state index in [2.05, 4.69) is 18.2 Å². The van der Waals surface area contributed by atoms with Gasteiger partial charge in [-0.1, -0.05) is 43.6 Å². The number of epoxide rings is 1. The fourth-order valence-corrected chi connectivity index (χ4v) is 5.28. The predicted octanol–water partition coefficient (Wildman–Crippen LogP) is 3.47. The Morgan fingerprint density at radius 1 is 1.04 bits per heavy atom. The highest BCUT2D eigenvalue weighted by Gasteiger charge is 2.68. The van der Waals surface area contributed by atoms with Gasteiger partial charge >= 0.3 is 5.97 Å². The Balaban J connectivity index is 1.31. The van der Waals surface area contributed by atoms with E-state index in [1.54, 1.807) is 0 Å². The summed E-state index contributed by atoms with van der Waals surface area (Å²) in [5.74, 6) is 0.375. The minimum atomic E-state index is -0.733. The fraction of sp³-hybridized carbons (Fsp3) is 0.773. The topological polar surface area (TPSA) is 79.3 Å². The molecule has 3 aliphatic heterocycles. The molecule has 1 saturated carbocycles. The van der Waals surface area contributed by atoms with Crippen LogP contribution in [0.5, 0.6) is 0 Å². The van der Waals surface area contributed by atoms with Crippen LogP contribution in [-0.4, -0.2) is 46.7 Å². The second kappa shape index (κ2) is 8.46. The van der Waals surface area contributed by atoms with Crippen LogP contribution in [0.25, 0.3) is 0 Å². The Hall–Kier alpha value is -1.17. The molecule has 3 heterocycles. The van der Waals surface area contributed by atoms with Crippen LogP contribution in [0.15, 0.2) is 24.3 Å². The number of aliphatic hydroxyl groups is 1. The number of unbranched alkanes of at least 4 members (excludes halogenated alkanes) is 1. The van der Waals surface area contributed by atoms with Crippen LogP contribution in [0.2, 0.25) is 0 Å². The predicted molar refractivity (Wildman–Crippen MR) is 101 cm³/mol. The number of aliphatic carboxylic acids is 1. The molecule has 27 heavy (non-hydrogen) atoms. The van der Waals surface area contributed by atoms with Gasteiger partial charge < -0.3 is 19.7 Å². The third-order valence-corrected chi connectivity index (χ3v) is 6.82. The lowest BCUT2D eigenvalue weighted by Crippen LogP contribution is -2.32. The van der Waals surface area contributed by atoms with Gasteiger partial charge in [-0.25, -0.2) is 0 Å². The molecule has 4 rings (SSSR count). The molecule has 5 nitrogen and oxygen atoms in total. The van der Waals surface area contributed by atoms with Crippen molar-refractivity contribution in [2.75, 3.05) is 0 Å². The zero-order chi connectivity index (χ0) is 18.8. The van der Waals surface area contributed by atoms with Crippen LogP contribution in [-0.2, 0) is 14.3 Å². The van der Waals surface area contributed by atoms with Crippen molar-refractivity contribution in [1.29, 1.82) is 0 Å². The van der Waals surface area contributed by atoms with Gasteiger partial charge in [0.15, 0.2) is 0 Å². The van der Waals surface area contributed by atoms with Gasteiger partial charge in [-0.2, -0.15) is 0 Å². The van der Waals surface area contributed by atoms with Crippen LogP contribution in [0, 0.1) is 17.8 Å². The summed E-state index contributed by atoms with van der Waals surface area (Å²) in [6.45, 7) is 0. The summed E-state index contributed by atoms with van der Waals surface area (Å²) >= 11 is 0. The second-order valence-corrected chi connectivity index (χ2v) is 8.64. The molecule has 7 atom stereocenters. The number of carboxylic acid groups (broad SMARTS) is 1. The summed E-state index contributed by atoms with van der Waals surface area (Å²) in [6, 6.07) is 0. The molecule has 1 aliphatic carbocycles. The van der Waals surface area contributed by atoms with E-state index in [0.29, 0.717) is 24.2 Å². The van der Waals surface area contributed by atoms with Gasteiger partial charge in [0.1, 0.15) is 12.2 Å². The van der Waals surface area contributed by atoms with E-state index < -0.39 is 5.97 Å². The number of fused-ring (bicyclic) bond motifs is 5. The SMILES string of the molecule is O=C(O)CCC/C=C\CC1C(/C=C/[C@@H](O)C2CCCCC2)C2OC1C1OC21. The number of hydrogen-bond donors (Lipinski definition) is 2. The van der Waals surface area contributed by atoms with Crippen molar-refractivity contribution in [3.63, 3.8) is 0 Å². The number of aliphatic hydroxyl groups excluding tert-OH is 1. The average molecular weight is 376 g/mol. The molecule has 0 spiro atoms. The van der Waals surface area contributed by atoms with Gasteiger partial charge in [0, 0.05) is 18.3 Å². The lowest BCUT2D eigenvalue weighted by atomic mass is 9.76. The third kappa shape index (κ3) is 4.30. The van der Waals surface area contributed by atoms with Crippen molar-refractivity contribution in [3.05, 3.63) is 24.3 Å². The maximum absolute atomic E-state index is 10.6. The monoisotopic (exact) mass is 376 g/mol. The summed E-state index contributed by atoms with van der Waals surface area (Å²) in [5.41, 5.74) is 0. The highest BCUT2D eigenvalue weighted by atomic mass is 16.7. The van der Waals surface area contributed by atoms with Gasteiger partial charge in [0.05, 0.1) is 18.3 Å². The Labute approximate surface area is 161 Å². The molecule has 2 N–H and O–H groups in total. The fourth-order valence-electron chi connectivity index (χ4n) is 5.28. The van der Waals surface area contributed by atoms with Gasteiger partial charge in [0.25, 0.3) is 0 Å². The summed E-state index contributed by atoms with van der Waals surface area (Å²) in [5, 5.41) is 19.3. The average Bonchev–Trinajstić information content (AvgIpc) is 3.30. The van der Waals surface area contributed by atoms with Crippen LogP contribution in [0.3, 0.4) is 0 Å². The van der Waals surface area contributed by atoms with Gasteiger partial charge in [0.2, 0.25) is 0 Å². The molecular weight excluding hydrogens is 344 g/mol. The molecule has 0 amide bonds. The minimum Gasteiger partial charge on any atom is -0.481 e.